The summed E-state index contributed by atoms with van der Waals surface area (Å²) in [6.07, 6.45) is 8.13. The summed E-state index contributed by atoms with van der Waals surface area (Å²) in [6.45, 7) is 6.18. The average molecular weight is 1780 g/mol. The molecule has 21 rings (SSSR count). The summed E-state index contributed by atoms with van der Waals surface area (Å²) in [5.41, 5.74) is 9.41. The highest BCUT2D eigenvalue weighted by Gasteiger charge is 2.49. The molecule has 0 aromatic heterocycles. The van der Waals surface area contributed by atoms with Gasteiger partial charge < -0.3 is 47.7 Å². The first kappa shape index (κ1) is 86.6. The molecular weight excluding hydrogens is 1670 g/mol. The van der Waals surface area contributed by atoms with Crippen LogP contribution in [0.5, 0.6) is 46.0 Å². The lowest BCUT2D eigenvalue weighted by atomic mass is 9.80. The highest BCUT2D eigenvalue weighted by Crippen LogP contribution is 2.59. The minimum Gasteiger partial charge on any atom is -0.457 e. The van der Waals surface area contributed by atoms with Crippen LogP contribution in [0.4, 0.5) is 0 Å². The third-order valence-corrected chi connectivity index (χ3v) is 27.5. The van der Waals surface area contributed by atoms with Gasteiger partial charge in [0.15, 0.2) is 6.29 Å². The SMILES string of the molecule is CCCCC(C(=O)N(Cc1ccccc1)C1CCCC(OCC2CO2)C1)N1C(=O)c2cc(Oc3ccc(-c4ccccc4)cc3)c3c4c(Oc5ccc(-c6ccccc6)cc5)cc5c6c(cc(Oc7ccc(-c8ccccc8)cc7)c(c7c(Oc8ccc(-c9ccccc9)cc8)cc(c2c37)C1=O)c64)C(=O)N(C(CCCC)C(=O)N(Cc1ccccc1)C1CCCC(OC2CCO2)C1)C5=O. The zero-order chi connectivity index (χ0) is 90.9. The van der Waals surface area contributed by atoms with E-state index in [2.05, 4.69) is 0 Å². The van der Waals surface area contributed by atoms with Gasteiger partial charge in [-0.05, 0) is 193 Å². The maximum absolute atomic E-state index is 17.4. The Morgan fingerprint density at radius 2 is 0.657 bits per heavy atom. The zero-order valence-corrected chi connectivity index (χ0v) is 75.1. The second kappa shape index (κ2) is 38.2. The van der Waals surface area contributed by atoms with Crippen molar-refractivity contribution in [3.05, 3.63) is 337 Å². The molecule has 2 aliphatic carbocycles. The van der Waals surface area contributed by atoms with Gasteiger partial charge in [0.05, 0.1) is 54.3 Å². The van der Waals surface area contributed by atoms with E-state index in [1.165, 1.54) is 9.80 Å². The van der Waals surface area contributed by atoms with Gasteiger partial charge in [-0.25, -0.2) is 0 Å². The van der Waals surface area contributed by atoms with E-state index in [1.807, 2.05) is 303 Å². The third kappa shape index (κ3) is 17.4. The summed E-state index contributed by atoms with van der Waals surface area (Å²) in [4.78, 5) is 110. The van der Waals surface area contributed by atoms with Gasteiger partial charge in [-0.3, -0.25) is 38.6 Å². The average Bonchev–Trinajstić information content (AvgIpc) is 0.932. The Kier molecular flexibility index (Phi) is 24.7. The molecule has 0 bridgehead atoms. The van der Waals surface area contributed by atoms with Gasteiger partial charge in [0.2, 0.25) is 11.8 Å². The molecule has 6 amide bonds. The van der Waals surface area contributed by atoms with E-state index >= 15 is 28.8 Å². The molecular formula is C116H104N4O14. The summed E-state index contributed by atoms with van der Waals surface area (Å²) < 4.78 is 55.1. The number of epoxide rings is 1. The van der Waals surface area contributed by atoms with Crippen molar-refractivity contribution in [2.75, 3.05) is 19.8 Å². The van der Waals surface area contributed by atoms with Crippen LogP contribution in [-0.4, -0.2) is 124 Å². The number of imide groups is 2. The molecule has 15 aromatic carbocycles. The lowest BCUT2D eigenvalue weighted by molar-refractivity contribution is -0.241. The summed E-state index contributed by atoms with van der Waals surface area (Å²) in [5.74, 6) is -1.84. The normalized spacial score (nSPS) is 18.5. The monoisotopic (exact) mass is 1780 g/mol. The minimum atomic E-state index is -1.33. The Morgan fingerprint density at radius 1 is 0.358 bits per heavy atom. The zero-order valence-electron chi connectivity index (χ0n) is 75.1. The molecule has 2 saturated carbocycles. The van der Waals surface area contributed by atoms with Crippen molar-refractivity contribution < 1.29 is 66.7 Å². The topological polar surface area (TPSA) is 193 Å². The highest BCUT2D eigenvalue weighted by atomic mass is 16.7. The fourth-order valence-electron chi connectivity index (χ4n) is 20.6. The molecule has 4 heterocycles. The fraction of sp³-hybridized carbons (Fsp3) is 0.259. The number of benzene rings is 15. The van der Waals surface area contributed by atoms with Gasteiger partial charge in [-0.15, -0.1) is 0 Å². The van der Waals surface area contributed by atoms with Crippen LogP contribution in [0, 0.1) is 0 Å². The van der Waals surface area contributed by atoms with E-state index in [0.29, 0.717) is 127 Å². The third-order valence-electron chi connectivity index (χ3n) is 27.5. The van der Waals surface area contributed by atoms with Gasteiger partial charge >= 0.3 is 0 Å². The van der Waals surface area contributed by atoms with Gasteiger partial charge in [0.25, 0.3) is 23.6 Å². The number of amides is 6. The minimum absolute atomic E-state index is 0.0349. The maximum atomic E-state index is 17.4. The number of nitrogens with zero attached hydrogens (tertiary/aromatic N) is 4. The van der Waals surface area contributed by atoms with Crippen molar-refractivity contribution in [3.8, 4) is 90.5 Å². The standard InChI is InChI=1S/C116H104N4O14/c1-3-5-43-96(115(125)117(69-73-27-13-7-14-28-73)83-39-25-41-89(63-83)128-71-91-72-129-91)119-111(121)92-65-98(130-85-53-45-79(46-54-85)75-31-17-9-18-32-75)105-107-100(132-87-57-49-81(50-58-87)77-35-21-11-22-36-77)67-94-104-95(114(124)120(113(94)123)97(44-6-4-2)116(126)118(70-74-29-15-8-16-30-74)84-40-26-42-90(64-84)134-102-61-62-127-102)68-101(133-88-59-51-82(52-60-88)78-37-23-12-24-38-78)108(110(104)107)106-99(66-93(112(119)122)103(92)109(105)106)131-86-55-47-80(48-56-86)76-33-19-10-20-34-76/h7-24,27-38,45-60,65-68,83-84,89-91,96-97,102H,3-6,25-26,39-44,61-64,69-72H2,1-2H3. The van der Waals surface area contributed by atoms with Crippen LogP contribution >= 0.6 is 0 Å². The first-order valence-electron chi connectivity index (χ1n) is 47.5. The quantitative estimate of drug-likeness (QED) is 0.0163. The van der Waals surface area contributed by atoms with Gasteiger partial charge in [0, 0.05) is 74.7 Å². The lowest BCUT2D eigenvalue weighted by Crippen LogP contribution is -2.57. The van der Waals surface area contributed by atoms with E-state index < -0.39 is 35.7 Å². The number of ether oxygens (including phenoxy) is 8. The molecule has 0 N–H and O–H groups in total. The van der Waals surface area contributed by atoms with Gasteiger partial charge in [-0.2, -0.15) is 0 Å². The summed E-state index contributed by atoms with van der Waals surface area (Å²) >= 11 is 0. The molecule has 672 valence electrons. The van der Waals surface area contributed by atoms with Crippen molar-refractivity contribution in [3.63, 3.8) is 0 Å². The summed E-state index contributed by atoms with van der Waals surface area (Å²) in [7, 11) is 0. The molecule has 4 fully saturated rings. The number of unbranched alkanes of at least 4 members (excludes halogenated alkanes) is 2. The fourth-order valence-corrected chi connectivity index (χ4v) is 20.6. The first-order chi connectivity index (χ1) is 65.8. The summed E-state index contributed by atoms with van der Waals surface area (Å²) in [6, 6.07) is 93.8. The molecule has 18 heteroatoms. The number of fused-ring (bicyclic) bond motifs is 2. The predicted octanol–water partition coefficient (Wildman–Crippen LogP) is 25.7. The van der Waals surface area contributed by atoms with E-state index in [1.54, 1.807) is 24.3 Å². The molecule has 8 atom stereocenters. The van der Waals surface area contributed by atoms with Crippen molar-refractivity contribution in [2.24, 2.45) is 0 Å². The number of carbonyl (C=O) groups is 6. The smallest absolute Gasteiger partial charge is 0.262 e. The largest absolute Gasteiger partial charge is 0.457 e. The first-order valence-corrected chi connectivity index (χ1v) is 47.5. The molecule has 134 heavy (non-hydrogen) atoms. The van der Waals surface area contributed by atoms with E-state index in [9.17, 15) is 0 Å². The van der Waals surface area contributed by atoms with E-state index in [0.717, 1.165) is 87.7 Å². The Morgan fingerprint density at radius 3 is 0.955 bits per heavy atom. The van der Waals surface area contributed by atoms with Gasteiger partial charge in [0.1, 0.15) is 64.2 Å². The van der Waals surface area contributed by atoms with Crippen LogP contribution in [-0.2, 0) is 41.6 Å². The van der Waals surface area contributed by atoms with Crippen LogP contribution < -0.4 is 18.9 Å². The second-order valence-corrected chi connectivity index (χ2v) is 36.2. The Hall–Kier alpha value is -14.1. The molecule has 4 aliphatic heterocycles. The van der Waals surface area contributed by atoms with Gasteiger partial charge in [-0.1, -0.05) is 270 Å². The molecule has 8 unspecified atom stereocenters. The van der Waals surface area contributed by atoms with Crippen LogP contribution in [0.1, 0.15) is 163 Å². The molecule has 0 spiro atoms. The van der Waals surface area contributed by atoms with E-state index in [-0.39, 0.29) is 130 Å². The summed E-state index contributed by atoms with van der Waals surface area (Å²) in [5, 5.41) is 2.26. The molecule has 18 nitrogen and oxygen atoms in total. The molecule has 0 radical (unpaired) electrons. The Labute approximate surface area is 779 Å². The van der Waals surface area contributed by atoms with Crippen LogP contribution in [0.3, 0.4) is 0 Å². The van der Waals surface area contributed by atoms with Crippen molar-refractivity contribution in [2.45, 2.75) is 172 Å². The van der Waals surface area contributed by atoms with Crippen molar-refractivity contribution in [1.82, 2.24) is 19.6 Å². The number of hydrogen-bond donors (Lipinski definition) is 0. The van der Waals surface area contributed by atoms with Crippen molar-refractivity contribution in [1.29, 1.82) is 0 Å². The number of hydrogen-bond acceptors (Lipinski definition) is 14. The molecule has 2 saturated heterocycles. The number of carbonyl (C=O) groups excluding carboxylic acids is 6. The highest BCUT2D eigenvalue weighted by molar-refractivity contribution is 6.45. The molecule has 6 aliphatic rings. The maximum Gasteiger partial charge on any atom is 0.262 e. The Bertz CT molecular complexity index is 6260. The van der Waals surface area contributed by atoms with Crippen LogP contribution in [0.2, 0.25) is 0 Å². The molecule has 15 aromatic rings. The predicted molar refractivity (Wildman–Crippen MR) is 520 cm³/mol. The lowest BCUT2D eigenvalue weighted by Gasteiger charge is -2.42. The van der Waals surface area contributed by atoms with Crippen molar-refractivity contribution >= 4 is 78.5 Å². The van der Waals surface area contributed by atoms with Crippen LogP contribution in [0.15, 0.2) is 303 Å². The number of rotatable bonds is 33. The second-order valence-electron chi connectivity index (χ2n) is 36.2. The van der Waals surface area contributed by atoms with Crippen LogP contribution in [0.25, 0.3) is 87.6 Å². The van der Waals surface area contributed by atoms with E-state index in [4.69, 9.17) is 37.9 Å². The Balaban J connectivity index is 0.837.